The Morgan fingerprint density at radius 3 is 0.756 bits per heavy atom. The van der Waals surface area contributed by atoms with E-state index in [2.05, 4.69) is 41.9 Å². The van der Waals surface area contributed by atoms with Crippen molar-refractivity contribution in [3.63, 3.8) is 0 Å². The SMILES string of the molecule is CCCCCCCCCCCCCCCCCCC(CCCCCCCCCCCCCCCCCC)(C[N+](C)(C)C)OCC. The van der Waals surface area contributed by atoms with Crippen molar-refractivity contribution < 1.29 is 9.22 Å². The van der Waals surface area contributed by atoms with E-state index in [0.717, 1.165) is 17.6 Å². The number of unbranched alkanes of at least 4 members (excludes halogenated alkanes) is 30. The highest BCUT2D eigenvalue weighted by Gasteiger charge is 2.35. The van der Waals surface area contributed by atoms with Crippen LogP contribution in [0, 0.1) is 0 Å². The molecule has 0 atom stereocenters. The summed E-state index contributed by atoms with van der Waals surface area (Å²) in [5.41, 5.74) is 0.0823. The van der Waals surface area contributed by atoms with Gasteiger partial charge in [0.25, 0.3) is 0 Å². The zero-order chi connectivity index (χ0) is 33.2. The number of likely N-dealkylation sites (N-methyl/N-ethyl adjacent to an activating group) is 1. The molecule has 0 unspecified atom stereocenters. The molecular weight excluding hydrogens is 546 g/mol. The summed E-state index contributed by atoms with van der Waals surface area (Å²) in [7, 11) is 7.07. The first-order valence-corrected chi connectivity index (χ1v) is 21.3. The molecular formula is C43H90NO+. The lowest BCUT2D eigenvalue weighted by molar-refractivity contribution is -0.877. The van der Waals surface area contributed by atoms with Gasteiger partial charge in [0.05, 0.1) is 21.1 Å². The number of rotatable bonds is 38. The average Bonchev–Trinajstić information content (AvgIpc) is 3.00. The van der Waals surface area contributed by atoms with Gasteiger partial charge in [-0.1, -0.05) is 219 Å². The predicted molar refractivity (Wildman–Crippen MR) is 206 cm³/mol. The molecule has 2 nitrogen and oxygen atoms in total. The lowest BCUT2D eigenvalue weighted by atomic mass is 9.88. The fourth-order valence-corrected chi connectivity index (χ4v) is 7.63. The van der Waals surface area contributed by atoms with Crippen LogP contribution in [0.25, 0.3) is 0 Å². The minimum Gasteiger partial charge on any atom is -0.369 e. The number of hydrogen-bond acceptors (Lipinski definition) is 1. The first kappa shape index (κ1) is 44.9. The van der Waals surface area contributed by atoms with E-state index in [1.807, 2.05) is 0 Å². The maximum Gasteiger partial charge on any atom is 0.117 e. The van der Waals surface area contributed by atoms with Gasteiger partial charge in [-0.2, -0.15) is 0 Å². The fourth-order valence-electron chi connectivity index (χ4n) is 7.63. The van der Waals surface area contributed by atoms with Crippen molar-refractivity contribution >= 4 is 0 Å². The van der Waals surface area contributed by atoms with Crippen LogP contribution in [0.1, 0.15) is 239 Å². The van der Waals surface area contributed by atoms with Crippen molar-refractivity contribution in [2.45, 2.75) is 245 Å². The van der Waals surface area contributed by atoms with Crippen LogP contribution < -0.4 is 0 Å². The van der Waals surface area contributed by atoms with Crippen molar-refractivity contribution in [2.75, 3.05) is 34.3 Å². The van der Waals surface area contributed by atoms with Crippen molar-refractivity contribution in [3.8, 4) is 0 Å². The molecule has 0 fully saturated rings. The molecule has 0 bridgehead atoms. The van der Waals surface area contributed by atoms with Gasteiger partial charge >= 0.3 is 0 Å². The second kappa shape index (κ2) is 33.8. The minimum atomic E-state index is 0.0823. The quantitative estimate of drug-likeness (QED) is 0.0484. The second-order valence-electron chi connectivity index (χ2n) is 16.2. The largest absolute Gasteiger partial charge is 0.369 e. The number of hydrogen-bond donors (Lipinski definition) is 0. The van der Waals surface area contributed by atoms with Gasteiger partial charge in [0.2, 0.25) is 0 Å². The van der Waals surface area contributed by atoms with Crippen LogP contribution in [-0.2, 0) is 4.74 Å². The Morgan fingerprint density at radius 1 is 0.333 bits per heavy atom. The third kappa shape index (κ3) is 33.6. The molecule has 0 heterocycles. The van der Waals surface area contributed by atoms with Crippen LogP contribution in [0.5, 0.6) is 0 Å². The third-order valence-electron chi connectivity index (χ3n) is 10.2. The number of nitrogens with zero attached hydrogens (tertiary/aromatic N) is 1. The molecule has 0 aromatic heterocycles. The smallest absolute Gasteiger partial charge is 0.117 e. The molecule has 45 heavy (non-hydrogen) atoms. The monoisotopic (exact) mass is 637 g/mol. The molecule has 0 rings (SSSR count). The zero-order valence-corrected chi connectivity index (χ0v) is 32.8. The van der Waals surface area contributed by atoms with Crippen molar-refractivity contribution in [1.29, 1.82) is 0 Å². The van der Waals surface area contributed by atoms with Crippen LogP contribution in [0.2, 0.25) is 0 Å². The highest BCUT2D eigenvalue weighted by atomic mass is 16.5. The summed E-state index contributed by atoms with van der Waals surface area (Å²) in [6, 6.07) is 0. The molecule has 272 valence electrons. The summed E-state index contributed by atoms with van der Waals surface area (Å²) in [5.74, 6) is 0. The normalized spacial score (nSPS) is 12.4. The first-order valence-electron chi connectivity index (χ1n) is 21.3. The highest BCUT2D eigenvalue weighted by Crippen LogP contribution is 2.30. The summed E-state index contributed by atoms with van der Waals surface area (Å²) in [6.07, 6.45) is 48.6. The van der Waals surface area contributed by atoms with Gasteiger partial charge in [-0.3, -0.25) is 0 Å². The topological polar surface area (TPSA) is 9.23 Å². The predicted octanol–water partition coefficient (Wildman–Crippen LogP) is 14.8. The lowest BCUT2D eigenvalue weighted by Gasteiger charge is -2.39. The summed E-state index contributed by atoms with van der Waals surface area (Å²) in [5, 5.41) is 0. The van der Waals surface area contributed by atoms with E-state index in [0.29, 0.717) is 0 Å². The molecule has 0 aliphatic heterocycles. The Balaban J connectivity index is 3.95. The summed E-state index contributed by atoms with van der Waals surface area (Å²) >= 11 is 0. The second-order valence-corrected chi connectivity index (χ2v) is 16.2. The molecule has 0 aliphatic rings. The van der Waals surface area contributed by atoms with Crippen LogP contribution >= 0.6 is 0 Å². The minimum absolute atomic E-state index is 0.0823. The zero-order valence-electron chi connectivity index (χ0n) is 32.8. The van der Waals surface area contributed by atoms with Gasteiger partial charge in [0.15, 0.2) is 0 Å². The van der Waals surface area contributed by atoms with Crippen molar-refractivity contribution in [3.05, 3.63) is 0 Å². The van der Waals surface area contributed by atoms with E-state index in [4.69, 9.17) is 4.74 Å². The van der Waals surface area contributed by atoms with Gasteiger partial charge in [-0.05, 0) is 19.8 Å². The van der Waals surface area contributed by atoms with E-state index in [9.17, 15) is 0 Å². The standard InChI is InChI=1S/C43H90NO/c1-7-10-12-14-16-18-20-22-24-26-28-30-32-34-36-38-40-43(45-9-3,42-44(4,5)6)41-39-37-35-33-31-29-27-25-23-21-19-17-15-13-11-8-2/h7-42H2,1-6H3/q+1. The van der Waals surface area contributed by atoms with E-state index >= 15 is 0 Å². The molecule has 0 amide bonds. The lowest BCUT2D eigenvalue weighted by Crippen LogP contribution is -2.51. The molecule has 0 saturated carbocycles. The number of ether oxygens (including phenoxy) is 1. The Hall–Kier alpha value is -0.0800. The molecule has 0 aromatic rings. The van der Waals surface area contributed by atoms with Crippen LogP contribution in [0.15, 0.2) is 0 Å². The Labute approximate surface area is 287 Å². The molecule has 0 aliphatic carbocycles. The average molecular weight is 637 g/mol. The van der Waals surface area contributed by atoms with Gasteiger partial charge in [0, 0.05) is 6.61 Å². The maximum atomic E-state index is 6.64. The Kier molecular flexibility index (Phi) is 33.7. The fraction of sp³-hybridized carbons (Fsp3) is 1.00. The molecule has 0 N–H and O–H groups in total. The van der Waals surface area contributed by atoms with E-state index in [1.54, 1.807) is 0 Å². The molecule has 0 spiro atoms. The molecule has 0 aromatic carbocycles. The summed E-state index contributed by atoms with van der Waals surface area (Å²) < 4.78 is 7.65. The van der Waals surface area contributed by atoms with Gasteiger partial charge < -0.3 is 9.22 Å². The van der Waals surface area contributed by atoms with E-state index in [-0.39, 0.29) is 5.60 Å². The Bertz CT molecular complexity index is 517. The maximum absolute atomic E-state index is 6.64. The van der Waals surface area contributed by atoms with E-state index in [1.165, 1.54) is 218 Å². The molecule has 0 radical (unpaired) electrons. The summed E-state index contributed by atoms with van der Waals surface area (Å²) in [4.78, 5) is 0. The first-order chi connectivity index (χ1) is 21.9. The summed E-state index contributed by atoms with van der Waals surface area (Å²) in [6.45, 7) is 8.84. The van der Waals surface area contributed by atoms with Crippen molar-refractivity contribution in [1.82, 2.24) is 0 Å². The highest BCUT2D eigenvalue weighted by molar-refractivity contribution is 4.81. The van der Waals surface area contributed by atoms with E-state index < -0.39 is 0 Å². The Morgan fingerprint density at radius 2 is 0.556 bits per heavy atom. The number of quaternary nitrogens is 1. The molecule has 0 saturated heterocycles. The van der Waals surface area contributed by atoms with Gasteiger partial charge in [-0.25, -0.2) is 0 Å². The van der Waals surface area contributed by atoms with Crippen LogP contribution in [0.4, 0.5) is 0 Å². The van der Waals surface area contributed by atoms with Crippen molar-refractivity contribution in [2.24, 2.45) is 0 Å². The third-order valence-corrected chi connectivity index (χ3v) is 10.2. The van der Waals surface area contributed by atoms with Crippen LogP contribution in [0.3, 0.4) is 0 Å². The van der Waals surface area contributed by atoms with Gasteiger partial charge in [0.1, 0.15) is 12.1 Å². The van der Waals surface area contributed by atoms with Crippen LogP contribution in [-0.4, -0.2) is 44.4 Å². The van der Waals surface area contributed by atoms with Gasteiger partial charge in [-0.15, -0.1) is 0 Å². The molecule has 2 heteroatoms.